The standard InChI is InChI=1S/C19H15ClFN3O3.C16H21N3O.C15H17N3O.C10H11N3.C9H15N3O.C5H8Br2O.C5H7BrO.C5H8O/c1-19(2,3)27-18(26)24-9-14-16(17(24)25)11(20)7-13(23-14)15-10(8-22)5-4-6-12(15)21;1-16(20)9-5-10-18(13-16)15-8-11-19(17-15)12-14-6-3-2-4-7-14;19-14-7-4-9-17(12-14)15-8-10-18(16-15)11-13-5-2-1-3-6-13;11-10-6-7-13(12-10)8-9-4-2-1-3-5-9;1-9(13)4-2-6-12(7-9)8-3-5-10-11-8;6-3-1-2-5(8)4-7;6-3-5(7)4-1-2-4;1-4(6)5-2-3-5/h4-7H,9H2,1-3H3;2-4,6-8,11,20H,5,9-10,12-13H2,1H3;1-3,5-6,8,10H,4,7,9,11-12H2;1-7H,8H2,(H2,11,12);3,5,13H,2,4,6-7H2,1H3,(H,10,11);1-4H2;4H,1-3H2;5H,2-3H2,1H3/i;5D2,9D2,10D2,13D2;4D2,7D2,9D2,12D2;;2D2,4D2,6D2,7D2;1D2,2D2,3D2,4D2;1D2,2D2,3D2,4D;1D3,2D2,3D2,5D. The summed E-state index contributed by atoms with van der Waals surface area (Å²) in [5, 5.41) is 40.3. The van der Waals surface area contributed by atoms with Gasteiger partial charge in [0.2, 0.25) is 0 Å². The van der Waals surface area contributed by atoms with Crippen molar-refractivity contribution in [3.63, 3.8) is 0 Å². The Kier molecular flexibility index (Phi) is 17.1. The minimum atomic E-state index is -3.34. The summed E-state index contributed by atoms with van der Waals surface area (Å²) < 4.78 is 378. The first kappa shape index (κ1) is 44.0. The molecule has 0 bridgehead atoms. The smallest absolute Gasteiger partial charge is 0.417 e. The lowest BCUT2D eigenvalue weighted by atomic mass is 9.95. The zero-order valence-electron chi connectivity index (χ0n) is 107. The fourth-order valence-corrected chi connectivity index (χ4v) is 9.73. The number of aliphatic hydroxyl groups is 2. The van der Waals surface area contributed by atoms with E-state index in [4.69, 9.17) is 86.5 Å². The number of aromatic nitrogens is 9. The van der Waals surface area contributed by atoms with Gasteiger partial charge in [0.15, 0.2) is 17.4 Å². The van der Waals surface area contributed by atoms with E-state index in [2.05, 4.69) is 90.4 Å². The Bertz CT molecular complexity index is 6760. The Labute approximate surface area is 757 Å². The van der Waals surface area contributed by atoms with Gasteiger partial charge in [-0.2, -0.15) is 25.7 Å². The molecular weight excluding hydrogens is 1660 g/mol. The molecule has 9 heterocycles. The molecule has 3 saturated heterocycles. The number of benzene rings is 4. The van der Waals surface area contributed by atoms with Gasteiger partial charge in [0.25, 0.3) is 5.91 Å². The van der Waals surface area contributed by atoms with E-state index >= 15 is 0 Å². The zero-order chi connectivity index (χ0) is 124. The van der Waals surface area contributed by atoms with Crippen molar-refractivity contribution >= 4 is 118 Å². The number of piperidine rings is 3. The van der Waals surface area contributed by atoms with Gasteiger partial charge in [-0.15, -0.1) is 0 Å². The van der Waals surface area contributed by atoms with Crippen molar-refractivity contribution in [3.8, 4) is 17.3 Å². The third-order valence-electron chi connectivity index (χ3n) is 14.0. The molecule has 2 unspecified atom stereocenters. The number of fused-ring (bicyclic) bond motifs is 1. The number of aromatic amines is 1. The Morgan fingerprint density at radius 3 is 1.75 bits per heavy atom. The number of alkyl halides is 3. The highest BCUT2D eigenvalue weighted by Gasteiger charge is 2.39. The van der Waals surface area contributed by atoms with E-state index in [1.54, 1.807) is 26.8 Å². The highest BCUT2D eigenvalue weighted by atomic mass is 79.9. The Morgan fingerprint density at radius 1 is 0.735 bits per heavy atom. The van der Waals surface area contributed by atoms with Crippen LogP contribution in [-0.4, -0.2) is 166 Å². The monoisotopic (exact) mass is 1800 g/mol. The van der Waals surface area contributed by atoms with Crippen LogP contribution in [0.2, 0.25) is 5.02 Å². The van der Waals surface area contributed by atoms with Crippen molar-refractivity contribution in [2.24, 2.45) is 11.8 Å². The molecule has 2 aliphatic carbocycles. The van der Waals surface area contributed by atoms with E-state index in [0.717, 1.165) is 36.4 Å². The number of carbonyl (C=O) groups is 6. The molecule has 2 amide bonds. The van der Waals surface area contributed by atoms with Crippen LogP contribution < -0.4 is 20.4 Å². The Balaban J connectivity index is 0.000000225. The van der Waals surface area contributed by atoms with Gasteiger partial charge >= 0.3 is 6.09 Å². The van der Waals surface area contributed by atoms with E-state index in [1.165, 1.54) is 76.0 Å². The topological polar surface area (TPSA) is 310 Å². The number of Topliss-reactive ketones (excluding diaryl/α,β-unsaturated/α-hetero) is 4. The number of amides is 2. The molecule has 29 heteroatoms. The van der Waals surface area contributed by atoms with E-state index in [1.807, 2.05) is 95.8 Å². The van der Waals surface area contributed by atoms with E-state index < -0.39 is 208 Å². The number of nitriles is 1. The summed E-state index contributed by atoms with van der Waals surface area (Å²) in [6.45, 7) is -13.6. The van der Waals surface area contributed by atoms with Crippen LogP contribution in [0.25, 0.3) is 11.3 Å². The number of nitrogens with one attached hydrogen (secondary N) is 1. The van der Waals surface area contributed by atoms with Crippen molar-refractivity contribution in [1.82, 2.24) is 49.4 Å². The van der Waals surface area contributed by atoms with E-state index in [-0.39, 0.29) is 62.0 Å². The highest BCUT2D eigenvalue weighted by molar-refractivity contribution is 9.09. The van der Waals surface area contributed by atoms with Crippen LogP contribution in [0.1, 0.15) is 221 Å². The van der Waals surface area contributed by atoms with Crippen LogP contribution in [0.3, 0.4) is 0 Å². The van der Waals surface area contributed by atoms with Gasteiger partial charge in [-0.05, 0) is 146 Å². The van der Waals surface area contributed by atoms with Crippen molar-refractivity contribution < 1.29 is 113 Å². The summed E-state index contributed by atoms with van der Waals surface area (Å²) in [6.07, 6.45) is -31.5. The third kappa shape index (κ3) is 30.2. The predicted molar refractivity (Wildman–Crippen MR) is 449 cm³/mol. The number of nitrogens with two attached hydrogens (primary N) is 1. The van der Waals surface area contributed by atoms with Crippen molar-refractivity contribution in [2.75, 3.05) is 75.3 Å². The fourth-order valence-electron chi connectivity index (χ4n) is 9.04. The molecule has 4 aliphatic heterocycles. The Morgan fingerprint density at radius 2 is 1.27 bits per heavy atom. The second-order valence-corrected chi connectivity index (χ2v) is 25.8. The number of rotatable bonds is 17. The molecule has 4 aromatic carbocycles. The van der Waals surface area contributed by atoms with Crippen molar-refractivity contribution in [3.05, 3.63) is 209 Å². The van der Waals surface area contributed by atoms with Gasteiger partial charge in [-0.1, -0.05) is 156 Å². The fraction of sp³-hybridized carbons (Fsp3) is 0.429. The van der Waals surface area contributed by atoms with Crippen LogP contribution in [0.4, 0.5) is 32.5 Å². The molecule has 0 spiro atoms. The van der Waals surface area contributed by atoms with Crippen LogP contribution in [0.15, 0.2) is 164 Å². The number of imide groups is 1. The van der Waals surface area contributed by atoms with Gasteiger partial charge < -0.3 is 35.4 Å². The predicted octanol–water partition coefficient (Wildman–Crippen LogP) is 15.4. The average molecular weight is 1810 g/mol. The van der Waals surface area contributed by atoms with Crippen LogP contribution in [0.5, 0.6) is 0 Å². The summed E-state index contributed by atoms with van der Waals surface area (Å²) in [5.41, 5.74) is 2.56. The molecular formula is C84H102Br3ClFN15O9. The molecule has 5 fully saturated rings. The molecule has 5 aromatic heterocycles. The number of anilines is 4. The quantitative estimate of drug-likeness (QED) is 0.0616. The number of hydrogen-bond donors (Lipinski definition) is 4. The molecule has 9 aromatic rings. The zero-order valence-corrected chi connectivity index (χ0v) is 65.5. The lowest BCUT2D eigenvalue weighted by Crippen LogP contribution is -2.46. The first-order chi connectivity index (χ1) is 71.7. The van der Waals surface area contributed by atoms with Crippen LogP contribution in [-0.2, 0) is 50.1 Å². The largest absolute Gasteiger partial charge is 0.443 e. The lowest BCUT2D eigenvalue weighted by molar-refractivity contribution is -0.119. The van der Waals surface area contributed by atoms with Gasteiger partial charge in [0.1, 0.15) is 40.4 Å². The van der Waals surface area contributed by atoms with E-state index in [9.17, 15) is 48.6 Å². The normalized spacial score (nSPS) is 32.0. The number of carbonyl (C=O) groups excluding carboxylic acids is 6. The number of hydrogen-bond acceptors (Lipinski definition) is 19. The first-order valence-electron chi connectivity index (χ1n) is 56.2. The molecule has 602 valence electrons. The molecule has 5 N–H and O–H groups in total. The number of β-amino-alcohol motifs (C(OH)–C–C–N with tert-alkyl or cyclic N) is 2. The Hall–Kier alpha value is -9.24. The second-order valence-electron chi connectivity index (χ2n) is 24.2. The van der Waals surface area contributed by atoms with Crippen molar-refractivity contribution in [2.45, 2.75) is 161 Å². The summed E-state index contributed by atoms with van der Waals surface area (Å²) >= 11 is 13.2. The number of pyridine rings is 1. The first-order valence-corrected chi connectivity index (χ1v) is 35.4. The highest BCUT2D eigenvalue weighted by Crippen LogP contribution is 2.36. The molecule has 0 radical (unpaired) electrons. The number of H-pyrrole nitrogens is 1. The van der Waals surface area contributed by atoms with E-state index in [0.29, 0.717) is 28.7 Å². The molecule has 24 nitrogen and oxygen atoms in total. The maximum Gasteiger partial charge on any atom is 0.417 e. The average Bonchev–Trinajstić information content (AvgIpc) is 1.48. The van der Waals surface area contributed by atoms with Crippen LogP contribution in [0, 0.1) is 28.9 Å². The van der Waals surface area contributed by atoms with Gasteiger partial charge in [0.05, 0.1) is 108 Å². The minimum absolute atomic E-state index is 0.00660. The second kappa shape index (κ2) is 43.9. The van der Waals surface area contributed by atoms with Gasteiger partial charge in [-0.3, -0.25) is 43.1 Å². The number of ether oxygens (including phenoxy) is 1. The number of nitrogens with zero attached hydrogens (tertiary/aromatic N) is 13. The van der Waals surface area contributed by atoms with Gasteiger partial charge in [0, 0.05) is 155 Å². The summed E-state index contributed by atoms with van der Waals surface area (Å²) in [4.78, 5) is 77.2. The molecule has 6 aliphatic rings. The van der Waals surface area contributed by atoms with Crippen LogP contribution >= 0.6 is 59.4 Å². The minimum Gasteiger partial charge on any atom is -0.443 e. The molecule has 15 rings (SSSR count). The SMILES string of the molecule is CC(C)(C)OC(=O)N1Cc2nc(-c3c(F)cccc3C#N)cc(Cl)c2C1=O.Nc1ccn(Cc2ccccc2)n1.[2H]C([2H])(Br)C(=O)C([2H])([2H])C([2H])([2H])C([2H])([2H])Br.[2H]C([2H])(Br)C(=O)C1([2H])C([2H])([2H])C1([2H])[2H].[2H]C([2H])([2H])C(=O)C1([2H])C([2H])([2H])C1([2H])[2H].[2H]C1([2H])C(=O)C([2H])([2H])C([2H])([2H])C([2H])([2H])N1c1ccn(Cc2ccccc2)n1.[2H]C1([2H])N(c2ccn(Cc3ccccc3)n2)C([2H])([2H])C(C)(O)C([2H])([2H])C1([2H])[2H].[2H]C1([2H])N(c2ccn[nH]2)C([2H])([2H])C(C)(O)C([2H])([2H])C1([2H])[2H]. The number of halogens is 5. The maximum absolute atomic E-state index is 14.3. The van der Waals surface area contributed by atoms with Crippen molar-refractivity contribution in [1.29, 1.82) is 5.26 Å². The summed E-state index contributed by atoms with van der Waals surface area (Å²) in [6, 6.07) is 41.5. The molecule has 113 heavy (non-hydrogen) atoms. The number of nitrogen functional groups attached to an aromatic ring is 1. The third-order valence-corrected chi connectivity index (χ3v) is 15.2. The summed E-state index contributed by atoms with van der Waals surface area (Å²) in [7, 11) is 0. The molecule has 2 saturated carbocycles. The lowest BCUT2D eigenvalue weighted by Gasteiger charge is -2.37. The number of ketones is 4. The molecule has 2 atom stereocenters. The van der Waals surface area contributed by atoms with Gasteiger partial charge in [-0.25, -0.2) is 19.1 Å². The maximum atomic E-state index is 14.3. The summed E-state index contributed by atoms with van der Waals surface area (Å²) in [5.74, 6) is -13.4.